The summed E-state index contributed by atoms with van der Waals surface area (Å²) in [5.41, 5.74) is -1.29. The van der Waals surface area contributed by atoms with Crippen LogP contribution in [0.1, 0.15) is 99.3 Å². The Labute approximate surface area is 243 Å². The molecule has 16 atom stereocenters. The maximum atomic E-state index is 14.2. The van der Waals surface area contributed by atoms with Gasteiger partial charge in [0.1, 0.15) is 6.10 Å². The monoisotopic (exact) mass is 576 g/mol. The predicted octanol–water partition coefficient (Wildman–Crippen LogP) is 5.45. The van der Waals surface area contributed by atoms with E-state index in [9.17, 15) is 4.79 Å². The van der Waals surface area contributed by atoms with Gasteiger partial charge in [-0.3, -0.25) is 4.79 Å². The number of ketones is 1. The number of carbonyl (C=O) groups is 1. The zero-order valence-electron chi connectivity index (χ0n) is 25.5. The van der Waals surface area contributed by atoms with Gasteiger partial charge in [0.05, 0.1) is 6.10 Å². The Morgan fingerprint density at radius 3 is 1.71 bits per heavy atom. The van der Waals surface area contributed by atoms with Crippen molar-refractivity contribution in [3.63, 3.8) is 0 Å². The molecular formula is C32H48O9. The Bertz CT molecular complexity index is 1090. The van der Waals surface area contributed by atoms with Crippen LogP contribution in [0.15, 0.2) is 0 Å². The quantitative estimate of drug-likeness (QED) is 0.407. The van der Waals surface area contributed by atoms with E-state index in [1.165, 1.54) is 0 Å². The van der Waals surface area contributed by atoms with Crippen LogP contribution in [0.4, 0.5) is 0 Å². The van der Waals surface area contributed by atoms with E-state index in [2.05, 4.69) is 27.7 Å². The minimum absolute atomic E-state index is 0.0191. The summed E-state index contributed by atoms with van der Waals surface area (Å²) in [6.07, 6.45) is 5.99. The molecule has 2 aliphatic carbocycles. The smallest absolute Gasteiger partial charge is 0.201 e. The average molecular weight is 577 g/mol. The molecule has 2 spiro atoms. The molecule has 2 saturated carbocycles. The van der Waals surface area contributed by atoms with Crippen LogP contribution in [0.3, 0.4) is 0 Å². The van der Waals surface area contributed by atoms with E-state index in [-0.39, 0.29) is 47.9 Å². The summed E-state index contributed by atoms with van der Waals surface area (Å²) < 4.78 is 26.5. The molecule has 230 valence electrons. The SMILES string of the molecule is C[C@H]1[C@@H](C(=O)C[C@H]2O[C@@H]3OC4(C)CC[C@H]5[C@H](C)CC[C@@H]([C@H]2C)[C@@]35OO4)O[C@@H]2O[C@]3(C)CC[C@H]4[C@H](C)CC[C@@H]1[C@@]24OO3. The minimum Gasteiger partial charge on any atom is -0.345 e. The molecule has 8 aliphatic heterocycles. The van der Waals surface area contributed by atoms with Gasteiger partial charge in [0, 0.05) is 31.1 Å². The van der Waals surface area contributed by atoms with E-state index in [0.29, 0.717) is 17.8 Å². The molecule has 0 radical (unpaired) electrons. The molecule has 9 nitrogen and oxygen atoms in total. The van der Waals surface area contributed by atoms with Crippen molar-refractivity contribution in [3.05, 3.63) is 0 Å². The number of hydrogen-bond acceptors (Lipinski definition) is 9. The maximum absolute atomic E-state index is 14.2. The fourth-order valence-corrected chi connectivity index (χ4v) is 10.8. The molecular weight excluding hydrogens is 528 g/mol. The first-order chi connectivity index (χ1) is 19.5. The first kappa shape index (κ1) is 27.9. The fraction of sp³-hybridized carbons (Fsp3) is 0.969. The third-order valence-corrected chi connectivity index (χ3v) is 13.2. The van der Waals surface area contributed by atoms with Gasteiger partial charge in [0.2, 0.25) is 11.6 Å². The Morgan fingerprint density at radius 2 is 1.15 bits per heavy atom. The number of carbonyl (C=O) groups excluding carboxylic acids is 1. The molecule has 41 heavy (non-hydrogen) atoms. The molecule has 9 heteroatoms. The van der Waals surface area contributed by atoms with Gasteiger partial charge in [0.15, 0.2) is 29.6 Å². The predicted molar refractivity (Wildman–Crippen MR) is 143 cm³/mol. The Balaban J connectivity index is 1.06. The zero-order valence-corrected chi connectivity index (χ0v) is 25.5. The summed E-state index contributed by atoms with van der Waals surface area (Å²) >= 11 is 0. The Morgan fingerprint density at radius 1 is 0.634 bits per heavy atom. The second-order valence-corrected chi connectivity index (χ2v) is 15.4. The number of fused-ring (bicyclic) bond motifs is 4. The zero-order chi connectivity index (χ0) is 28.5. The highest BCUT2D eigenvalue weighted by molar-refractivity contribution is 5.84. The van der Waals surface area contributed by atoms with Crippen molar-refractivity contribution in [2.45, 2.75) is 147 Å². The second kappa shape index (κ2) is 9.19. The largest absolute Gasteiger partial charge is 0.345 e. The summed E-state index contributed by atoms with van der Waals surface area (Å²) in [7, 11) is 0. The first-order valence-corrected chi connectivity index (χ1v) is 16.4. The van der Waals surface area contributed by atoms with Gasteiger partial charge in [-0.05, 0) is 87.9 Å². The molecule has 10 aliphatic rings. The van der Waals surface area contributed by atoms with Crippen LogP contribution in [-0.4, -0.2) is 53.3 Å². The molecule has 1 unspecified atom stereocenters. The van der Waals surface area contributed by atoms with Gasteiger partial charge in [-0.15, -0.1) is 0 Å². The van der Waals surface area contributed by atoms with E-state index < -0.39 is 41.5 Å². The second-order valence-electron chi connectivity index (χ2n) is 15.4. The van der Waals surface area contributed by atoms with Gasteiger partial charge in [-0.25, -0.2) is 19.6 Å². The summed E-state index contributed by atoms with van der Waals surface area (Å²) in [5, 5.41) is 0. The van der Waals surface area contributed by atoms with Gasteiger partial charge >= 0.3 is 0 Å². The number of Topliss-reactive ketones (excluding diaryl/α,β-unsaturated/α-hetero) is 1. The van der Waals surface area contributed by atoms with Crippen molar-refractivity contribution in [2.75, 3.05) is 0 Å². The third kappa shape index (κ3) is 3.73. The Kier molecular flexibility index (Phi) is 6.25. The topological polar surface area (TPSA) is 90.9 Å². The normalized spacial score (nSPS) is 60.9. The van der Waals surface area contributed by atoms with Crippen LogP contribution < -0.4 is 0 Å². The molecule has 0 N–H and O–H groups in total. The van der Waals surface area contributed by atoms with Crippen LogP contribution in [0.25, 0.3) is 0 Å². The van der Waals surface area contributed by atoms with Crippen molar-refractivity contribution >= 4 is 5.78 Å². The van der Waals surface area contributed by atoms with Crippen molar-refractivity contribution in [3.8, 4) is 0 Å². The van der Waals surface area contributed by atoms with E-state index in [1.807, 2.05) is 13.8 Å². The number of rotatable bonds is 3. The molecule has 10 fully saturated rings. The fourth-order valence-electron chi connectivity index (χ4n) is 10.8. The lowest BCUT2D eigenvalue weighted by Gasteiger charge is -2.61. The standard InChI is InChI=1S/C32H48O9/c1-16-7-9-22-18(3)25(34-27-31(22)20(16)11-13-29(5,36-27)38-40-31)15-24(33)26-19(4)23-10-8-17(2)21-12-14-30(6)37-28(35-26)32(21,23)41-39-30/h16-23,25-28H,7-15H2,1-6H3/t16-,17-,18-,19-,20+,21+,22+,23+,25-,26+,27-,28-,29?,30+,31-,32-/m1/s1. The number of ether oxygens (including phenoxy) is 4. The molecule has 4 bridgehead atoms. The van der Waals surface area contributed by atoms with E-state index in [4.69, 9.17) is 38.5 Å². The van der Waals surface area contributed by atoms with Crippen molar-refractivity contribution < 1.29 is 43.3 Å². The van der Waals surface area contributed by atoms with E-state index >= 15 is 0 Å². The molecule has 0 aromatic carbocycles. The lowest BCUT2D eigenvalue weighted by molar-refractivity contribution is -0.571. The van der Waals surface area contributed by atoms with E-state index in [1.54, 1.807) is 0 Å². The molecule has 0 aromatic heterocycles. The molecule has 0 amide bonds. The van der Waals surface area contributed by atoms with Crippen molar-refractivity contribution in [1.82, 2.24) is 0 Å². The van der Waals surface area contributed by atoms with Gasteiger partial charge < -0.3 is 18.9 Å². The minimum atomic E-state index is -0.857. The third-order valence-electron chi connectivity index (χ3n) is 13.2. The van der Waals surface area contributed by atoms with E-state index in [0.717, 1.165) is 51.4 Å². The summed E-state index contributed by atoms with van der Waals surface area (Å²) in [6.45, 7) is 12.9. The molecule has 8 heterocycles. The molecule has 0 aromatic rings. The molecule has 8 saturated heterocycles. The summed E-state index contributed by atoms with van der Waals surface area (Å²) in [5.74, 6) is 0.382. The highest BCUT2D eigenvalue weighted by Crippen LogP contribution is 2.62. The van der Waals surface area contributed by atoms with Crippen LogP contribution >= 0.6 is 0 Å². The van der Waals surface area contributed by atoms with Crippen LogP contribution in [-0.2, 0) is 43.3 Å². The maximum Gasteiger partial charge on any atom is 0.201 e. The van der Waals surface area contributed by atoms with Crippen LogP contribution in [0, 0.1) is 47.3 Å². The summed E-state index contributed by atoms with van der Waals surface area (Å²) in [6, 6.07) is 0. The lowest BCUT2D eigenvalue weighted by Crippen LogP contribution is -2.71. The van der Waals surface area contributed by atoms with Gasteiger partial charge in [0.25, 0.3) is 0 Å². The molecule has 10 rings (SSSR count). The van der Waals surface area contributed by atoms with Crippen LogP contribution in [0.2, 0.25) is 0 Å². The van der Waals surface area contributed by atoms with Crippen molar-refractivity contribution in [2.24, 2.45) is 47.3 Å². The highest BCUT2D eigenvalue weighted by Gasteiger charge is 2.71. The number of hydrogen-bond donors (Lipinski definition) is 0. The Hall–Kier alpha value is -0.650. The summed E-state index contributed by atoms with van der Waals surface area (Å²) in [4.78, 5) is 38.8. The van der Waals surface area contributed by atoms with Gasteiger partial charge in [-0.1, -0.05) is 27.7 Å². The highest BCUT2D eigenvalue weighted by atomic mass is 17.3. The van der Waals surface area contributed by atoms with Crippen LogP contribution in [0.5, 0.6) is 0 Å². The lowest BCUT2D eigenvalue weighted by atomic mass is 9.56. The van der Waals surface area contributed by atoms with Gasteiger partial charge in [-0.2, -0.15) is 0 Å². The average Bonchev–Trinajstić information content (AvgIpc) is 3.31. The van der Waals surface area contributed by atoms with Crippen molar-refractivity contribution in [1.29, 1.82) is 0 Å². The first-order valence-electron chi connectivity index (χ1n) is 16.4.